The van der Waals surface area contributed by atoms with Gasteiger partial charge in [0.15, 0.2) is 11.6 Å². The number of ketones is 2. The fraction of sp³-hybridized carbons (Fsp3) is 0.833. The molecule has 0 aromatic heterocycles. The Hall–Kier alpha value is -0.311. The van der Waals surface area contributed by atoms with Gasteiger partial charge in [-0.15, -0.1) is 13.1 Å². The molecule has 0 aromatic rings. The Kier molecular flexibility index (Phi) is 44.0. The number of carbonyl (C=O) groups is 2. The van der Waals surface area contributed by atoms with E-state index in [2.05, 4.69) is 24.0 Å². The van der Waals surface area contributed by atoms with Crippen LogP contribution in [0.5, 0.6) is 0 Å². The first-order valence-corrected chi connectivity index (χ1v) is 22.2. The number of carbonyl (C=O) groups excluding carboxylic acids is 2. The number of methoxy groups -OCH3 is 4. The summed E-state index contributed by atoms with van der Waals surface area (Å²) in [5.41, 5.74) is -1.66. The molecule has 13 heteroatoms. The molecule has 0 rings (SSSR count). The van der Waals surface area contributed by atoms with Gasteiger partial charge in [0, 0.05) is 127 Å². The molecule has 0 heterocycles. The Morgan fingerprint density at radius 2 is 0.837 bits per heavy atom. The number of ether oxygens (including phenoxy) is 6. The fourth-order valence-corrected chi connectivity index (χ4v) is 7.59. The van der Waals surface area contributed by atoms with Gasteiger partial charge in [-0.2, -0.15) is 12.4 Å². The second-order valence-electron chi connectivity index (χ2n) is 12.4. The van der Waals surface area contributed by atoms with Gasteiger partial charge in [-0.3, -0.25) is 9.59 Å². The van der Waals surface area contributed by atoms with E-state index in [9.17, 15) is 9.59 Å². The molecule has 293 valence electrons. The van der Waals surface area contributed by atoms with Gasteiger partial charge < -0.3 is 39.1 Å². The van der Waals surface area contributed by atoms with E-state index in [0.717, 1.165) is 26.4 Å². The average molecular weight is 824 g/mol. The topological polar surface area (TPSA) is 118 Å². The van der Waals surface area contributed by atoms with Gasteiger partial charge in [-0.1, -0.05) is 0 Å². The smallest absolute Gasteiger partial charge is 0.185 e. The van der Waals surface area contributed by atoms with Crippen LogP contribution in [0.1, 0.15) is 67.2 Å². The summed E-state index contributed by atoms with van der Waals surface area (Å²) >= 11 is 0. The molecule has 0 bridgehead atoms. The quantitative estimate of drug-likeness (QED) is 0.0438. The summed E-state index contributed by atoms with van der Waals surface area (Å²) in [6.45, 7) is 20.9. The van der Waals surface area contributed by atoms with Gasteiger partial charge in [0.1, 0.15) is 11.2 Å². The Labute approximate surface area is 317 Å². The molecule has 49 heavy (non-hydrogen) atoms. The molecule has 0 saturated carbocycles. The Morgan fingerprint density at radius 1 is 0.571 bits per heavy atom. The van der Waals surface area contributed by atoms with Crippen molar-refractivity contribution in [3.05, 3.63) is 35.2 Å². The van der Waals surface area contributed by atoms with Crippen LogP contribution in [0.25, 0.3) is 10.6 Å². The second kappa shape index (κ2) is 38.9. The van der Waals surface area contributed by atoms with Crippen LogP contribution < -0.4 is 0 Å². The van der Waals surface area contributed by atoms with Crippen molar-refractivity contribution in [1.82, 2.24) is 0 Å². The first-order chi connectivity index (χ1) is 22.8. The van der Waals surface area contributed by atoms with Crippen molar-refractivity contribution in [2.45, 2.75) is 78.4 Å². The molecule has 0 aliphatic heterocycles. The van der Waals surface area contributed by atoms with Crippen LogP contribution in [0.2, 0.25) is 0 Å². The van der Waals surface area contributed by atoms with Crippen LogP contribution in [0.15, 0.2) is 24.6 Å². The molecule has 0 spiro atoms. The molecule has 0 fully saturated rings. The molecular weight excluding hydrogens is 749 g/mol. The van der Waals surface area contributed by atoms with Crippen molar-refractivity contribution < 1.29 is 58.1 Å². The molecule has 0 atom stereocenters. The minimum absolute atomic E-state index is 0. The molecule has 0 amide bonds. The maximum absolute atomic E-state index is 11.9. The van der Waals surface area contributed by atoms with Crippen molar-refractivity contribution >= 4 is 27.4 Å². The summed E-state index contributed by atoms with van der Waals surface area (Å²) in [5, 5.41) is 8.17. The van der Waals surface area contributed by atoms with E-state index < -0.39 is 11.2 Å². The summed E-state index contributed by atoms with van der Waals surface area (Å²) in [6, 6.07) is 0. The number of hydrogen-bond acceptors (Lipinski definition) is 8. The van der Waals surface area contributed by atoms with Crippen LogP contribution >= 0.6 is 15.8 Å². The molecule has 1 radical (unpaired) electrons. The van der Waals surface area contributed by atoms with Crippen LogP contribution in [-0.4, -0.2) is 142 Å². The van der Waals surface area contributed by atoms with E-state index in [1.807, 2.05) is 13.8 Å². The van der Waals surface area contributed by atoms with Gasteiger partial charge in [0.25, 0.3) is 0 Å². The third-order valence-electron chi connectivity index (χ3n) is 7.03. The molecule has 0 N–H and O–H groups in total. The predicted molar refractivity (Wildman–Crippen MR) is 210 cm³/mol. The molecule has 0 aliphatic carbocycles. The Morgan fingerprint density at radius 3 is 1.06 bits per heavy atom. The summed E-state index contributed by atoms with van der Waals surface area (Å²) in [4.78, 5) is 23.7. The zero-order valence-corrected chi connectivity index (χ0v) is 37.0. The van der Waals surface area contributed by atoms with E-state index in [4.69, 9.17) is 28.4 Å². The van der Waals surface area contributed by atoms with Crippen LogP contribution in [0.4, 0.5) is 0 Å². The first kappa shape index (κ1) is 55.4. The van der Waals surface area contributed by atoms with E-state index in [1.165, 1.54) is 74.9 Å². The largest absolute Gasteiger partial charge is 0.692 e. The minimum atomic E-state index is -0.832. The molecule has 10 nitrogen and oxygen atoms in total. The molecular formula is C36H74N2O8P2Tc. The van der Waals surface area contributed by atoms with E-state index in [1.54, 1.807) is 56.1 Å². The summed E-state index contributed by atoms with van der Waals surface area (Å²) < 4.78 is 30.8. The Balaban J connectivity index is -0.000000341. The van der Waals surface area contributed by atoms with Gasteiger partial charge in [-0.05, 0) is 69.5 Å². The van der Waals surface area contributed by atoms with E-state index in [-0.39, 0.29) is 47.5 Å². The molecule has 0 aliphatic rings. The fourth-order valence-electron chi connectivity index (χ4n) is 4.09. The van der Waals surface area contributed by atoms with Gasteiger partial charge in [0.2, 0.25) is 0 Å². The van der Waals surface area contributed by atoms with Crippen LogP contribution in [0.3, 0.4) is 0 Å². The summed E-state index contributed by atoms with van der Waals surface area (Å²) in [6.07, 6.45) is 16.2. The number of rotatable bonds is 29. The average Bonchev–Trinajstić information content (AvgIpc) is 3.03. The SMILES string of the molecule is CCOC(C)(C)C(=O)/C=C\[N-]CC[N-]/C=C\C(=O)C(C)(C)OCC.COCCC[PH+](C)CCCOC.COCCC[PH+](C)CCCOC.[99Tc]. The van der Waals surface area contributed by atoms with Crippen molar-refractivity contribution in [3.8, 4) is 0 Å². The predicted octanol–water partition coefficient (Wildman–Crippen LogP) is 7.33. The first-order valence-electron chi connectivity index (χ1n) is 17.4. The van der Waals surface area contributed by atoms with E-state index in [0.29, 0.717) is 26.3 Å². The van der Waals surface area contributed by atoms with Gasteiger partial charge in [-0.25, -0.2) is 0 Å². The van der Waals surface area contributed by atoms with E-state index >= 15 is 0 Å². The zero-order valence-electron chi connectivity index (χ0n) is 33.2. The normalized spacial score (nSPS) is 11.6. The number of hydrogen-bond donors (Lipinski definition) is 0. The third-order valence-corrected chi connectivity index (χ3v) is 11.9. The molecule has 0 unspecified atom stereocenters. The van der Waals surface area contributed by atoms with Crippen molar-refractivity contribution in [2.75, 3.05) is 119 Å². The maximum atomic E-state index is 11.9. The minimum Gasteiger partial charge on any atom is -0.692 e. The summed E-state index contributed by atoms with van der Waals surface area (Å²) in [7, 11) is 6.89. The van der Waals surface area contributed by atoms with Gasteiger partial charge >= 0.3 is 0 Å². The third kappa shape index (κ3) is 38.7. The monoisotopic (exact) mass is 823 g/mol. The second-order valence-corrected chi connectivity index (χ2v) is 18.2. The molecule has 0 aromatic carbocycles. The van der Waals surface area contributed by atoms with Crippen molar-refractivity contribution in [3.63, 3.8) is 0 Å². The number of nitrogens with zero attached hydrogens (tertiary/aromatic N) is 2. The van der Waals surface area contributed by atoms with Crippen molar-refractivity contribution in [2.24, 2.45) is 0 Å². The zero-order chi connectivity index (χ0) is 37.1. The molecule has 0 saturated heterocycles. The Bertz CT molecular complexity index is 721. The summed E-state index contributed by atoms with van der Waals surface area (Å²) in [5.74, 6) is -0.262. The van der Waals surface area contributed by atoms with Gasteiger partial charge in [0.05, 0.1) is 24.6 Å². The van der Waals surface area contributed by atoms with Crippen LogP contribution in [0, 0.1) is 0 Å². The van der Waals surface area contributed by atoms with Crippen molar-refractivity contribution in [1.29, 1.82) is 0 Å². The standard InChI is InChI=1S/C18H32N2O4.2C9H21O2P.Tc/c1-7-23-17(3,4)15(21)9-11-19-13-14-20-12-10-16(22)18(5,6)24-8-2;2*1-10-6-4-8-12(3)9-5-7-11-2;/h9-12H,7-8,13-14H2,1-6H3,(H2,19,20,21,22);2*4-9H2,1-3H3;/i;;;1+1. The maximum Gasteiger partial charge on any atom is 0.185 e. The van der Waals surface area contributed by atoms with Crippen LogP contribution in [-0.2, 0) is 58.1 Å².